The van der Waals surface area contributed by atoms with Gasteiger partial charge in [-0.2, -0.15) is 17.6 Å². The summed E-state index contributed by atoms with van der Waals surface area (Å²) < 4.78 is 39.3. The van der Waals surface area contributed by atoms with Crippen LogP contribution >= 0.6 is 0 Å². The maximum absolute atomic E-state index is 13.0. The van der Waals surface area contributed by atoms with Gasteiger partial charge in [0.1, 0.15) is 0 Å². The third-order valence-electron chi connectivity index (χ3n) is 5.37. The highest BCUT2D eigenvalue weighted by Crippen LogP contribution is 2.37. The molecule has 0 aliphatic carbocycles. The van der Waals surface area contributed by atoms with Crippen LogP contribution in [-0.4, -0.2) is 35.9 Å². The summed E-state index contributed by atoms with van der Waals surface area (Å²) >= 11 is 0. The largest absolute Gasteiger partial charge is 0.498 e. The molecule has 6 nitrogen and oxygen atoms in total. The van der Waals surface area contributed by atoms with E-state index in [1.807, 2.05) is 48.5 Å². The summed E-state index contributed by atoms with van der Waals surface area (Å²) in [5, 5.41) is 4.39. The Balaban J connectivity index is 2.06. The van der Waals surface area contributed by atoms with Crippen molar-refractivity contribution in [2.75, 3.05) is 0 Å². The summed E-state index contributed by atoms with van der Waals surface area (Å²) in [4.78, 5) is 0.200. The topological polar surface area (TPSA) is 70.4 Å². The lowest BCUT2D eigenvalue weighted by Gasteiger charge is -2.32. The van der Waals surface area contributed by atoms with Crippen molar-refractivity contribution in [3.63, 3.8) is 0 Å². The molecule has 1 aromatic heterocycles. The molecule has 3 rings (SSSR count). The molecule has 8 heteroatoms. The molecule has 1 fully saturated rings. The van der Waals surface area contributed by atoms with Crippen LogP contribution in [0.1, 0.15) is 58.7 Å². The van der Waals surface area contributed by atoms with Crippen LogP contribution in [0.25, 0.3) is 0 Å². The van der Waals surface area contributed by atoms with E-state index in [0.29, 0.717) is 11.2 Å². The zero-order valence-electron chi connectivity index (χ0n) is 17.0. The van der Waals surface area contributed by atoms with Gasteiger partial charge in [0, 0.05) is 11.7 Å². The van der Waals surface area contributed by atoms with E-state index in [-0.39, 0.29) is 10.8 Å². The van der Waals surface area contributed by atoms with Crippen molar-refractivity contribution in [2.24, 2.45) is 0 Å². The van der Waals surface area contributed by atoms with Gasteiger partial charge in [-0.3, -0.25) is 0 Å². The molecule has 27 heavy (non-hydrogen) atoms. The van der Waals surface area contributed by atoms with E-state index in [0.717, 1.165) is 9.65 Å². The van der Waals surface area contributed by atoms with E-state index in [9.17, 15) is 8.42 Å². The molecule has 0 atom stereocenters. The van der Waals surface area contributed by atoms with Crippen LogP contribution in [0.3, 0.4) is 0 Å². The lowest BCUT2D eigenvalue weighted by Crippen LogP contribution is -2.41. The van der Waals surface area contributed by atoms with Crippen LogP contribution in [0.2, 0.25) is 0 Å². The molecular formula is C19H27BN2O4S. The Morgan fingerprint density at radius 3 is 2.04 bits per heavy atom. The van der Waals surface area contributed by atoms with Gasteiger partial charge in [-0.15, -0.1) is 0 Å². The Labute approximate surface area is 162 Å². The Morgan fingerprint density at radius 1 is 1.04 bits per heavy atom. The fourth-order valence-corrected chi connectivity index (χ4v) is 4.06. The molecule has 1 aromatic carbocycles. The zero-order chi connectivity index (χ0) is 20.2. The van der Waals surface area contributed by atoms with Crippen LogP contribution in [-0.2, 0) is 19.3 Å². The van der Waals surface area contributed by atoms with E-state index >= 15 is 0 Å². The number of nitrogens with zero attached hydrogens (tertiary/aromatic N) is 2. The van der Waals surface area contributed by atoms with Crippen LogP contribution in [0, 0.1) is 6.92 Å². The molecule has 2 aromatic rings. The summed E-state index contributed by atoms with van der Waals surface area (Å²) in [6.07, 6.45) is 1.52. The maximum atomic E-state index is 13.0. The number of aromatic nitrogens is 2. The molecule has 1 aliphatic heterocycles. The molecule has 1 aliphatic rings. The van der Waals surface area contributed by atoms with Crippen molar-refractivity contribution >= 4 is 22.6 Å². The second-order valence-corrected chi connectivity index (χ2v) is 10.2. The second kappa shape index (κ2) is 6.46. The lowest BCUT2D eigenvalue weighted by atomic mass is 9.77. The lowest BCUT2D eigenvalue weighted by molar-refractivity contribution is 0.00578. The van der Waals surface area contributed by atoms with Gasteiger partial charge < -0.3 is 9.31 Å². The monoisotopic (exact) mass is 390 g/mol. The maximum Gasteiger partial charge on any atom is 0.498 e. The highest BCUT2D eigenvalue weighted by atomic mass is 32.2. The molecule has 146 valence electrons. The van der Waals surface area contributed by atoms with Gasteiger partial charge in [0.25, 0.3) is 10.0 Å². The normalized spacial score (nSPS) is 19.0. The van der Waals surface area contributed by atoms with Crippen LogP contribution < -0.4 is 5.46 Å². The van der Waals surface area contributed by atoms with Gasteiger partial charge in [-0.05, 0) is 52.7 Å². The second-order valence-electron chi connectivity index (χ2n) is 8.40. The minimum absolute atomic E-state index is 0.0218. The fraction of sp³-hybridized carbons (Fsp3) is 0.526. The number of hydrogen-bond acceptors (Lipinski definition) is 5. The average molecular weight is 390 g/mol. The molecule has 0 unspecified atom stereocenters. The highest BCUT2D eigenvalue weighted by Gasteiger charge is 2.53. The number of hydrogen-bond donors (Lipinski definition) is 0. The third-order valence-corrected chi connectivity index (χ3v) is 6.92. The Hall–Kier alpha value is -1.64. The first-order valence-corrected chi connectivity index (χ1v) is 10.6. The predicted molar refractivity (Wildman–Crippen MR) is 106 cm³/mol. The van der Waals surface area contributed by atoms with Gasteiger partial charge in [-0.25, -0.2) is 0 Å². The fourth-order valence-electron chi connectivity index (χ4n) is 2.92. The molecule has 2 heterocycles. The van der Waals surface area contributed by atoms with Gasteiger partial charge in [-0.1, -0.05) is 31.5 Å². The van der Waals surface area contributed by atoms with E-state index in [1.165, 1.54) is 6.20 Å². The minimum Gasteiger partial charge on any atom is -0.399 e. The Kier molecular flexibility index (Phi) is 4.81. The highest BCUT2D eigenvalue weighted by molar-refractivity contribution is 7.89. The molecule has 0 amide bonds. The summed E-state index contributed by atoms with van der Waals surface area (Å²) in [6, 6.07) is 6.73. The van der Waals surface area contributed by atoms with E-state index in [4.69, 9.17) is 9.31 Å². The predicted octanol–water partition coefficient (Wildman–Crippen LogP) is 2.85. The first kappa shape index (κ1) is 20.1. The van der Waals surface area contributed by atoms with Crippen molar-refractivity contribution in [1.29, 1.82) is 0 Å². The first-order valence-electron chi connectivity index (χ1n) is 9.12. The van der Waals surface area contributed by atoms with Gasteiger partial charge in [0.05, 0.1) is 21.8 Å². The summed E-state index contributed by atoms with van der Waals surface area (Å²) in [6.45, 7) is 13.7. The van der Waals surface area contributed by atoms with Crippen molar-refractivity contribution in [3.05, 3.63) is 41.7 Å². The smallest absolute Gasteiger partial charge is 0.399 e. The van der Waals surface area contributed by atoms with Crippen molar-refractivity contribution in [2.45, 2.75) is 70.5 Å². The summed E-state index contributed by atoms with van der Waals surface area (Å²) in [5.74, 6) is 0.0218. The number of aryl methyl sites for hydroxylation is 1. The Bertz CT molecular complexity index is 931. The van der Waals surface area contributed by atoms with Gasteiger partial charge >= 0.3 is 7.12 Å². The van der Waals surface area contributed by atoms with E-state index in [2.05, 4.69) is 5.10 Å². The van der Waals surface area contributed by atoms with Crippen LogP contribution in [0.4, 0.5) is 0 Å². The third kappa shape index (κ3) is 3.46. The molecule has 0 N–H and O–H groups in total. The standard InChI is InChI=1S/C19H27BN2O4S/c1-13(2)17-16(20-25-18(4,5)19(6,7)26-20)12-22(21-17)27(23,24)15-10-8-14(3)9-11-15/h8-13H,1-7H3. The average Bonchev–Trinajstić information content (AvgIpc) is 3.08. The molecule has 0 saturated carbocycles. The van der Waals surface area contributed by atoms with E-state index < -0.39 is 28.3 Å². The molecule has 1 saturated heterocycles. The summed E-state index contributed by atoms with van der Waals surface area (Å²) in [5.41, 5.74) is 1.28. The van der Waals surface area contributed by atoms with Crippen molar-refractivity contribution < 1.29 is 17.7 Å². The van der Waals surface area contributed by atoms with Gasteiger partial charge in [0.2, 0.25) is 0 Å². The summed E-state index contributed by atoms with van der Waals surface area (Å²) in [7, 11) is -4.44. The van der Waals surface area contributed by atoms with Crippen LogP contribution in [0.5, 0.6) is 0 Å². The van der Waals surface area contributed by atoms with Crippen LogP contribution in [0.15, 0.2) is 35.4 Å². The number of benzene rings is 1. The minimum atomic E-state index is -3.78. The molecular weight excluding hydrogens is 363 g/mol. The van der Waals surface area contributed by atoms with Crippen molar-refractivity contribution in [3.8, 4) is 0 Å². The molecule has 0 radical (unpaired) electrons. The first-order chi connectivity index (χ1) is 12.3. The zero-order valence-corrected chi connectivity index (χ0v) is 17.8. The van der Waals surface area contributed by atoms with Crippen molar-refractivity contribution in [1.82, 2.24) is 9.19 Å². The molecule has 0 spiro atoms. The van der Waals surface area contributed by atoms with Gasteiger partial charge in [0.15, 0.2) is 0 Å². The molecule has 0 bridgehead atoms. The Morgan fingerprint density at radius 2 is 1.56 bits per heavy atom. The quantitative estimate of drug-likeness (QED) is 0.751. The van der Waals surface area contributed by atoms with E-state index in [1.54, 1.807) is 24.3 Å². The SMILES string of the molecule is Cc1ccc(S(=O)(=O)n2cc(B3OC(C)(C)C(C)(C)O3)c(C(C)C)n2)cc1. The number of rotatable bonds is 4.